The Morgan fingerprint density at radius 2 is 2.21 bits per heavy atom. The second-order valence-corrected chi connectivity index (χ2v) is 6.72. The lowest BCUT2D eigenvalue weighted by atomic mass is 10.1. The highest BCUT2D eigenvalue weighted by atomic mass is 32.2. The highest BCUT2D eigenvalue weighted by Crippen LogP contribution is 2.16. The summed E-state index contributed by atoms with van der Waals surface area (Å²) < 4.78 is 34.4. The van der Waals surface area contributed by atoms with Crippen molar-refractivity contribution in [2.45, 2.75) is 31.1 Å². The molecular formula is C12H18N2O4S. The van der Waals surface area contributed by atoms with Gasteiger partial charge >= 0.3 is 0 Å². The smallest absolute Gasteiger partial charge is 0.233 e. The first kappa shape index (κ1) is 14.2. The molecule has 2 rings (SSSR count). The Hall–Kier alpha value is -1.21. The molecule has 0 saturated carbocycles. The Labute approximate surface area is 113 Å². The lowest BCUT2D eigenvalue weighted by Crippen LogP contribution is -2.28. The third-order valence-electron chi connectivity index (χ3n) is 2.99. The molecule has 0 aliphatic carbocycles. The monoisotopic (exact) mass is 286 g/mol. The molecule has 19 heavy (non-hydrogen) atoms. The van der Waals surface area contributed by atoms with Gasteiger partial charge in [0.1, 0.15) is 0 Å². The van der Waals surface area contributed by atoms with E-state index in [9.17, 15) is 8.42 Å². The molecule has 2 heterocycles. The molecule has 1 aromatic rings. The van der Waals surface area contributed by atoms with Gasteiger partial charge in [0.15, 0.2) is 9.84 Å². The minimum atomic E-state index is -3.22. The van der Waals surface area contributed by atoms with Crippen molar-refractivity contribution in [3.63, 3.8) is 0 Å². The molecule has 106 valence electrons. The van der Waals surface area contributed by atoms with Crippen LogP contribution >= 0.6 is 0 Å². The molecular weight excluding hydrogens is 268 g/mol. The van der Waals surface area contributed by atoms with Crippen LogP contribution in [0.15, 0.2) is 12.1 Å². The van der Waals surface area contributed by atoms with Gasteiger partial charge in [-0.15, -0.1) is 5.10 Å². The number of nitrogens with zero attached hydrogens (tertiary/aromatic N) is 2. The second kappa shape index (κ2) is 6.29. The number of methoxy groups -OCH3 is 1. The summed E-state index contributed by atoms with van der Waals surface area (Å²) >= 11 is 0. The van der Waals surface area contributed by atoms with Crippen molar-refractivity contribution in [3.05, 3.63) is 17.8 Å². The predicted octanol–water partition coefficient (Wildman–Crippen LogP) is 0.969. The maximum atomic E-state index is 12.0. The van der Waals surface area contributed by atoms with Crippen molar-refractivity contribution >= 4 is 9.84 Å². The van der Waals surface area contributed by atoms with Crippen LogP contribution in [-0.4, -0.2) is 44.2 Å². The summed E-state index contributed by atoms with van der Waals surface area (Å²) in [5, 5.41) is 7.59. The van der Waals surface area contributed by atoms with E-state index in [0.717, 1.165) is 19.3 Å². The van der Waals surface area contributed by atoms with Crippen molar-refractivity contribution in [1.82, 2.24) is 10.2 Å². The number of ether oxygens (including phenoxy) is 2. The van der Waals surface area contributed by atoms with Crippen molar-refractivity contribution in [2.75, 3.05) is 19.5 Å². The van der Waals surface area contributed by atoms with Crippen LogP contribution in [0.25, 0.3) is 0 Å². The molecule has 0 aromatic carbocycles. The average Bonchev–Trinajstić information content (AvgIpc) is 2.39. The van der Waals surface area contributed by atoms with Gasteiger partial charge in [0.25, 0.3) is 0 Å². The van der Waals surface area contributed by atoms with E-state index in [1.54, 1.807) is 12.1 Å². The quantitative estimate of drug-likeness (QED) is 0.802. The van der Waals surface area contributed by atoms with Gasteiger partial charge in [-0.25, -0.2) is 8.42 Å². The molecule has 1 atom stereocenters. The van der Waals surface area contributed by atoms with E-state index in [1.165, 1.54) is 7.11 Å². The standard InChI is InChI=1S/C12H18N2O4S/c1-17-12-6-5-10(13-14-12)8-19(15,16)9-11-4-2-3-7-18-11/h5-6,11H,2-4,7-9H2,1H3. The van der Waals surface area contributed by atoms with Crippen LogP contribution in [0.4, 0.5) is 0 Å². The molecule has 1 saturated heterocycles. The molecule has 6 nitrogen and oxygen atoms in total. The molecule has 0 amide bonds. The summed E-state index contributed by atoms with van der Waals surface area (Å²) in [4.78, 5) is 0. The molecule has 1 aromatic heterocycles. The fourth-order valence-corrected chi connectivity index (χ4v) is 3.59. The molecule has 0 spiro atoms. The van der Waals surface area contributed by atoms with Crippen LogP contribution in [0.5, 0.6) is 5.88 Å². The highest BCUT2D eigenvalue weighted by Gasteiger charge is 2.23. The summed E-state index contributed by atoms with van der Waals surface area (Å²) in [6.45, 7) is 0.655. The zero-order valence-corrected chi connectivity index (χ0v) is 11.7. The minimum Gasteiger partial charge on any atom is -0.480 e. The van der Waals surface area contributed by atoms with E-state index in [-0.39, 0.29) is 17.6 Å². The summed E-state index contributed by atoms with van der Waals surface area (Å²) in [5.41, 5.74) is 0.427. The lowest BCUT2D eigenvalue weighted by molar-refractivity contribution is 0.0305. The molecule has 0 bridgehead atoms. The largest absolute Gasteiger partial charge is 0.480 e. The second-order valence-electron chi connectivity index (χ2n) is 4.61. The van der Waals surface area contributed by atoms with Crippen molar-refractivity contribution < 1.29 is 17.9 Å². The van der Waals surface area contributed by atoms with Gasteiger partial charge in [0, 0.05) is 12.7 Å². The van der Waals surface area contributed by atoms with Crippen molar-refractivity contribution in [1.29, 1.82) is 0 Å². The van der Waals surface area contributed by atoms with Crippen LogP contribution in [0.3, 0.4) is 0 Å². The summed E-state index contributed by atoms with van der Waals surface area (Å²) in [7, 11) is -1.74. The molecule has 1 aliphatic rings. The third-order valence-corrected chi connectivity index (χ3v) is 4.60. The van der Waals surface area contributed by atoms with E-state index < -0.39 is 9.84 Å². The Kier molecular flexibility index (Phi) is 4.71. The molecule has 1 fully saturated rings. The maximum Gasteiger partial charge on any atom is 0.233 e. The topological polar surface area (TPSA) is 78.4 Å². The fraction of sp³-hybridized carbons (Fsp3) is 0.667. The SMILES string of the molecule is COc1ccc(CS(=O)(=O)CC2CCCCO2)nn1. The zero-order valence-electron chi connectivity index (χ0n) is 10.9. The highest BCUT2D eigenvalue weighted by molar-refractivity contribution is 7.90. The van der Waals surface area contributed by atoms with E-state index in [0.29, 0.717) is 18.2 Å². The first-order valence-electron chi connectivity index (χ1n) is 6.28. The van der Waals surface area contributed by atoms with Gasteiger partial charge in [-0.1, -0.05) is 0 Å². The van der Waals surface area contributed by atoms with Crippen LogP contribution in [0.2, 0.25) is 0 Å². The Morgan fingerprint density at radius 1 is 1.37 bits per heavy atom. The number of hydrogen-bond donors (Lipinski definition) is 0. The number of aromatic nitrogens is 2. The van der Waals surface area contributed by atoms with E-state index in [2.05, 4.69) is 10.2 Å². The lowest BCUT2D eigenvalue weighted by Gasteiger charge is -2.22. The first-order chi connectivity index (χ1) is 9.09. The van der Waals surface area contributed by atoms with Gasteiger partial charge in [-0.05, 0) is 25.3 Å². The van der Waals surface area contributed by atoms with Crippen LogP contribution in [0, 0.1) is 0 Å². The number of hydrogen-bond acceptors (Lipinski definition) is 6. The molecule has 1 unspecified atom stereocenters. The molecule has 7 heteroatoms. The minimum absolute atomic E-state index is 0.0563. The number of rotatable bonds is 5. The van der Waals surface area contributed by atoms with E-state index >= 15 is 0 Å². The van der Waals surface area contributed by atoms with Crippen LogP contribution < -0.4 is 4.74 Å². The van der Waals surface area contributed by atoms with Gasteiger partial charge in [0.2, 0.25) is 5.88 Å². The number of sulfone groups is 1. The van der Waals surface area contributed by atoms with E-state index in [4.69, 9.17) is 9.47 Å². The fourth-order valence-electron chi connectivity index (χ4n) is 2.04. The van der Waals surface area contributed by atoms with E-state index in [1.807, 2.05) is 0 Å². The maximum absolute atomic E-state index is 12.0. The van der Waals surface area contributed by atoms with Gasteiger partial charge < -0.3 is 9.47 Å². The van der Waals surface area contributed by atoms with Crippen LogP contribution in [-0.2, 0) is 20.3 Å². The van der Waals surface area contributed by atoms with Crippen molar-refractivity contribution in [2.24, 2.45) is 0 Å². The molecule has 1 aliphatic heterocycles. The summed E-state index contributed by atoms with van der Waals surface area (Å²) in [6.07, 6.45) is 2.68. The Bertz CT molecular complexity index is 495. The zero-order chi connectivity index (χ0) is 13.7. The Balaban J connectivity index is 1.95. The first-order valence-corrected chi connectivity index (χ1v) is 8.10. The predicted molar refractivity (Wildman–Crippen MR) is 69.7 cm³/mol. The van der Waals surface area contributed by atoms with Crippen LogP contribution in [0.1, 0.15) is 25.0 Å². The van der Waals surface area contributed by atoms with Gasteiger partial charge in [-0.3, -0.25) is 0 Å². The molecule has 0 radical (unpaired) electrons. The Morgan fingerprint density at radius 3 is 2.79 bits per heavy atom. The normalized spacial score (nSPS) is 20.2. The summed E-state index contributed by atoms with van der Waals surface area (Å²) in [6, 6.07) is 3.22. The summed E-state index contributed by atoms with van der Waals surface area (Å²) in [5.74, 6) is 0.321. The molecule has 0 N–H and O–H groups in total. The third kappa shape index (κ3) is 4.43. The van der Waals surface area contributed by atoms with Gasteiger partial charge in [0.05, 0.1) is 30.4 Å². The van der Waals surface area contributed by atoms with Gasteiger partial charge in [-0.2, -0.15) is 5.10 Å². The van der Waals surface area contributed by atoms with Crippen molar-refractivity contribution in [3.8, 4) is 5.88 Å². The average molecular weight is 286 g/mol.